The zero-order valence-corrected chi connectivity index (χ0v) is 18.8. The molecule has 2 aromatic heterocycles. The van der Waals surface area contributed by atoms with Crippen molar-refractivity contribution in [3.63, 3.8) is 0 Å². The van der Waals surface area contributed by atoms with E-state index in [0.29, 0.717) is 15.9 Å². The third-order valence-electron chi connectivity index (χ3n) is 5.49. The standard InChI is InChI=1S/C25H20ClN3O2S/c1-30-21-11-10-17(15-18(21)26)29-24(23(28-25(29)32)19-9-5-6-14-27-19)22-13-12-20(31-22)16-7-3-2-4-8-16/h2-15,23-24H,1H3,(H,28,32)/t23-,24-/m0/s1. The molecular formula is C25H20ClN3O2S. The van der Waals surface area contributed by atoms with Gasteiger partial charge in [0.2, 0.25) is 0 Å². The molecule has 160 valence electrons. The highest BCUT2D eigenvalue weighted by atomic mass is 35.5. The van der Waals surface area contributed by atoms with Gasteiger partial charge in [-0.15, -0.1) is 0 Å². The number of aromatic nitrogens is 1. The largest absolute Gasteiger partial charge is 0.495 e. The summed E-state index contributed by atoms with van der Waals surface area (Å²) in [6, 6.07) is 25.0. The summed E-state index contributed by atoms with van der Waals surface area (Å²) >= 11 is 12.2. The lowest BCUT2D eigenvalue weighted by Gasteiger charge is -2.26. The Balaban J connectivity index is 1.60. The molecule has 4 aromatic rings. The first-order valence-electron chi connectivity index (χ1n) is 10.1. The number of pyridine rings is 1. The van der Waals surface area contributed by atoms with Gasteiger partial charge in [0.15, 0.2) is 5.11 Å². The van der Waals surface area contributed by atoms with Gasteiger partial charge in [-0.1, -0.05) is 48.0 Å². The van der Waals surface area contributed by atoms with E-state index in [0.717, 1.165) is 28.5 Å². The third kappa shape index (κ3) is 3.72. The summed E-state index contributed by atoms with van der Waals surface area (Å²) in [5.41, 5.74) is 2.73. The van der Waals surface area contributed by atoms with Crippen molar-refractivity contribution in [3.05, 3.63) is 102 Å². The van der Waals surface area contributed by atoms with E-state index in [1.54, 1.807) is 13.3 Å². The smallest absolute Gasteiger partial charge is 0.174 e. The molecule has 0 saturated carbocycles. The minimum Gasteiger partial charge on any atom is -0.495 e. The Labute approximate surface area is 196 Å². The maximum atomic E-state index is 6.44. The van der Waals surface area contributed by atoms with Crippen molar-refractivity contribution >= 4 is 34.6 Å². The van der Waals surface area contributed by atoms with Gasteiger partial charge in [0.05, 0.1) is 23.9 Å². The van der Waals surface area contributed by atoms with Crippen LogP contribution in [0.1, 0.15) is 23.5 Å². The number of nitrogens with zero attached hydrogens (tertiary/aromatic N) is 2. The van der Waals surface area contributed by atoms with E-state index < -0.39 is 0 Å². The molecule has 0 amide bonds. The summed E-state index contributed by atoms with van der Waals surface area (Å²) in [6.45, 7) is 0. The van der Waals surface area contributed by atoms with E-state index in [1.807, 2.05) is 83.8 Å². The van der Waals surface area contributed by atoms with Gasteiger partial charge in [0.25, 0.3) is 0 Å². The van der Waals surface area contributed by atoms with E-state index in [2.05, 4.69) is 10.3 Å². The van der Waals surface area contributed by atoms with Gasteiger partial charge < -0.3 is 19.4 Å². The van der Waals surface area contributed by atoms with Crippen LogP contribution in [0.25, 0.3) is 11.3 Å². The number of hydrogen-bond acceptors (Lipinski definition) is 4. The number of nitrogens with one attached hydrogen (secondary N) is 1. The quantitative estimate of drug-likeness (QED) is 0.358. The second-order valence-corrected chi connectivity index (χ2v) is 8.18. The number of ether oxygens (including phenoxy) is 1. The predicted octanol–water partition coefficient (Wildman–Crippen LogP) is 6.18. The van der Waals surface area contributed by atoms with Gasteiger partial charge in [0.1, 0.15) is 23.3 Å². The van der Waals surface area contributed by atoms with Crippen molar-refractivity contribution < 1.29 is 9.15 Å². The topological polar surface area (TPSA) is 50.5 Å². The van der Waals surface area contributed by atoms with E-state index in [4.69, 9.17) is 33.0 Å². The number of halogens is 1. The van der Waals surface area contributed by atoms with Crippen molar-refractivity contribution in [2.75, 3.05) is 12.0 Å². The molecule has 0 bridgehead atoms. The van der Waals surface area contributed by atoms with Crippen LogP contribution in [-0.4, -0.2) is 17.2 Å². The van der Waals surface area contributed by atoms with Gasteiger partial charge in [-0.2, -0.15) is 0 Å². The second-order valence-electron chi connectivity index (χ2n) is 7.38. The molecule has 0 spiro atoms. The zero-order valence-electron chi connectivity index (χ0n) is 17.2. The Morgan fingerprint density at radius 1 is 1.03 bits per heavy atom. The fourth-order valence-electron chi connectivity index (χ4n) is 4.00. The highest BCUT2D eigenvalue weighted by Crippen LogP contribution is 2.44. The van der Waals surface area contributed by atoms with Crippen LogP contribution in [0.2, 0.25) is 5.02 Å². The molecule has 32 heavy (non-hydrogen) atoms. The first-order valence-corrected chi connectivity index (χ1v) is 10.9. The van der Waals surface area contributed by atoms with Crippen LogP contribution < -0.4 is 15.0 Å². The minimum atomic E-state index is -0.251. The number of thiocarbonyl (C=S) groups is 1. The zero-order chi connectivity index (χ0) is 22.1. The first kappa shape index (κ1) is 20.5. The van der Waals surface area contributed by atoms with Crippen LogP contribution in [-0.2, 0) is 0 Å². The highest BCUT2D eigenvalue weighted by Gasteiger charge is 2.42. The van der Waals surface area contributed by atoms with Crippen molar-refractivity contribution in [1.82, 2.24) is 10.3 Å². The molecule has 1 N–H and O–H groups in total. The molecule has 2 atom stereocenters. The molecule has 0 unspecified atom stereocenters. The van der Waals surface area contributed by atoms with E-state index >= 15 is 0 Å². The molecule has 0 radical (unpaired) electrons. The minimum absolute atomic E-state index is 0.195. The number of methoxy groups -OCH3 is 1. The number of furan rings is 1. The average Bonchev–Trinajstić information content (AvgIpc) is 3.45. The lowest BCUT2D eigenvalue weighted by Crippen LogP contribution is -2.29. The molecule has 1 saturated heterocycles. The molecular weight excluding hydrogens is 442 g/mol. The molecule has 7 heteroatoms. The number of hydrogen-bond donors (Lipinski definition) is 1. The van der Waals surface area contributed by atoms with Gasteiger partial charge >= 0.3 is 0 Å². The van der Waals surface area contributed by atoms with E-state index in [-0.39, 0.29) is 12.1 Å². The second kappa shape index (κ2) is 8.65. The fourth-order valence-corrected chi connectivity index (χ4v) is 4.59. The summed E-state index contributed by atoms with van der Waals surface area (Å²) < 4.78 is 11.7. The molecule has 5 rings (SSSR count). The third-order valence-corrected chi connectivity index (χ3v) is 6.10. The van der Waals surface area contributed by atoms with Crippen LogP contribution in [0, 0.1) is 0 Å². The maximum absolute atomic E-state index is 6.44. The van der Waals surface area contributed by atoms with Crippen LogP contribution >= 0.6 is 23.8 Å². The highest BCUT2D eigenvalue weighted by molar-refractivity contribution is 7.80. The molecule has 0 aliphatic carbocycles. The SMILES string of the molecule is COc1ccc(N2C(=S)N[C@@H](c3ccccn3)[C@@H]2c2ccc(-c3ccccc3)o2)cc1Cl. The molecule has 5 nitrogen and oxygen atoms in total. The lowest BCUT2D eigenvalue weighted by molar-refractivity contribution is 0.415. The van der Waals surface area contributed by atoms with Crippen LogP contribution in [0.3, 0.4) is 0 Å². The summed E-state index contributed by atoms with van der Waals surface area (Å²) in [5, 5.41) is 4.51. The Morgan fingerprint density at radius 2 is 1.84 bits per heavy atom. The van der Waals surface area contributed by atoms with Gasteiger partial charge in [0, 0.05) is 17.4 Å². The van der Waals surface area contributed by atoms with Crippen molar-refractivity contribution in [3.8, 4) is 17.1 Å². The molecule has 2 aromatic carbocycles. The van der Waals surface area contributed by atoms with Crippen molar-refractivity contribution in [2.24, 2.45) is 0 Å². The first-order chi connectivity index (χ1) is 15.7. The monoisotopic (exact) mass is 461 g/mol. The van der Waals surface area contributed by atoms with Crippen LogP contribution in [0.4, 0.5) is 5.69 Å². The summed E-state index contributed by atoms with van der Waals surface area (Å²) in [4.78, 5) is 6.59. The van der Waals surface area contributed by atoms with Gasteiger partial charge in [-0.25, -0.2) is 0 Å². The molecule has 3 heterocycles. The van der Waals surface area contributed by atoms with Crippen LogP contribution in [0.5, 0.6) is 5.75 Å². The molecule has 1 aliphatic rings. The summed E-state index contributed by atoms with van der Waals surface area (Å²) in [7, 11) is 1.59. The Morgan fingerprint density at radius 3 is 2.56 bits per heavy atom. The van der Waals surface area contributed by atoms with Crippen LogP contribution in [0.15, 0.2) is 89.5 Å². The lowest BCUT2D eigenvalue weighted by atomic mass is 10.0. The summed E-state index contributed by atoms with van der Waals surface area (Å²) in [5.74, 6) is 2.18. The van der Waals surface area contributed by atoms with Gasteiger partial charge in [-0.05, 0) is 54.7 Å². The number of anilines is 1. The molecule has 1 aliphatic heterocycles. The van der Waals surface area contributed by atoms with Crippen molar-refractivity contribution in [1.29, 1.82) is 0 Å². The fraction of sp³-hybridized carbons (Fsp3) is 0.120. The Kier molecular flexibility index (Phi) is 5.55. The average molecular weight is 462 g/mol. The van der Waals surface area contributed by atoms with E-state index in [9.17, 15) is 0 Å². The Hall–Kier alpha value is -3.35. The van der Waals surface area contributed by atoms with Gasteiger partial charge in [-0.3, -0.25) is 4.98 Å². The molecule has 1 fully saturated rings. The number of rotatable bonds is 5. The predicted molar refractivity (Wildman–Crippen MR) is 130 cm³/mol. The number of benzene rings is 2. The van der Waals surface area contributed by atoms with E-state index in [1.165, 1.54) is 0 Å². The Bertz CT molecular complexity index is 1250. The van der Waals surface area contributed by atoms with Crippen molar-refractivity contribution in [2.45, 2.75) is 12.1 Å². The maximum Gasteiger partial charge on any atom is 0.174 e. The summed E-state index contributed by atoms with van der Waals surface area (Å²) in [6.07, 6.45) is 1.78. The normalized spacial score (nSPS) is 17.9.